The van der Waals surface area contributed by atoms with Crippen molar-refractivity contribution in [3.05, 3.63) is 22.2 Å². The van der Waals surface area contributed by atoms with Crippen molar-refractivity contribution < 1.29 is 19.7 Å². The Bertz CT molecular complexity index is 362. The molecule has 0 heterocycles. The second-order valence-corrected chi connectivity index (χ2v) is 3.31. The lowest BCUT2D eigenvalue weighted by molar-refractivity contribution is 0.0695. The number of hydrogen-bond acceptors (Lipinski definition) is 3. The van der Waals surface area contributed by atoms with Crippen LogP contribution in [0.2, 0.25) is 0 Å². The van der Waals surface area contributed by atoms with E-state index in [4.69, 9.17) is 9.84 Å². The molecule has 1 aromatic carbocycles. The number of aromatic carboxylic acids is 1. The van der Waals surface area contributed by atoms with Crippen LogP contribution in [0.3, 0.4) is 0 Å². The molecular formula is C9H9BrO4. The van der Waals surface area contributed by atoms with Crippen LogP contribution < -0.4 is 4.74 Å². The van der Waals surface area contributed by atoms with Crippen molar-refractivity contribution in [1.82, 2.24) is 0 Å². The van der Waals surface area contributed by atoms with Gasteiger partial charge < -0.3 is 14.9 Å². The Kier molecular flexibility index (Phi) is 3.35. The van der Waals surface area contributed by atoms with Gasteiger partial charge in [0.05, 0.1) is 16.6 Å². The third kappa shape index (κ3) is 1.98. The first-order valence-corrected chi connectivity index (χ1v) is 4.74. The summed E-state index contributed by atoms with van der Waals surface area (Å²) < 4.78 is 5.35. The number of carbonyl (C=O) groups is 1. The van der Waals surface area contributed by atoms with Crippen LogP contribution in [0.1, 0.15) is 17.3 Å². The van der Waals surface area contributed by atoms with E-state index in [1.165, 1.54) is 12.1 Å². The Morgan fingerprint density at radius 2 is 2.21 bits per heavy atom. The van der Waals surface area contributed by atoms with Gasteiger partial charge in [0.25, 0.3) is 0 Å². The highest BCUT2D eigenvalue weighted by atomic mass is 79.9. The molecule has 0 spiro atoms. The number of carboxylic acids is 1. The SMILES string of the molecule is CCOc1c(O)ccc(C(=O)O)c1Br. The summed E-state index contributed by atoms with van der Waals surface area (Å²) in [6.45, 7) is 2.11. The molecule has 14 heavy (non-hydrogen) atoms. The van der Waals surface area contributed by atoms with E-state index in [-0.39, 0.29) is 21.5 Å². The van der Waals surface area contributed by atoms with Gasteiger partial charge in [-0.3, -0.25) is 0 Å². The van der Waals surface area contributed by atoms with Crippen molar-refractivity contribution in [1.29, 1.82) is 0 Å². The van der Waals surface area contributed by atoms with Gasteiger partial charge in [0, 0.05) is 0 Å². The van der Waals surface area contributed by atoms with Crippen LogP contribution in [0.15, 0.2) is 16.6 Å². The average molecular weight is 261 g/mol. The maximum atomic E-state index is 10.7. The summed E-state index contributed by atoms with van der Waals surface area (Å²) in [4.78, 5) is 10.7. The number of phenolic OH excluding ortho intramolecular Hbond substituents is 1. The van der Waals surface area contributed by atoms with Crippen LogP contribution in [0.25, 0.3) is 0 Å². The van der Waals surface area contributed by atoms with Gasteiger partial charge in [-0.1, -0.05) is 0 Å². The number of benzene rings is 1. The molecule has 0 saturated carbocycles. The van der Waals surface area contributed by atoms with Crippen molar-refractivity contribution >= 4 is 21.9 Å². The fourth-order valence-electron chi connectivity index (χ4n) is 0.993. The van der Waals surface area contributed by atoms with E-state index >= 15 is 0 Å². The minimum atomic E-state index is -1.07. The van der Waals surface area contributed by atoms with Gasteiger partial charge in [-0.25, -0.2) is 4.79 Å². The molecule has 0 radical (unpaired) electrons. The molecule has 0 saturated heterocycles. The molecule has 0 aliphatic carbocycles. The summed E-state index contributed by atoms with van der Waals surface area (Å²) in [5, 5.41) is 18.2. The van der Waals surface area contributed by atoms with E-state index in [1.54, 1.807) is 6.92 Å². The zero-order valence-electron chi connectivity index (χ0n) is 7.45. The van der Waals surface area contributed by atoms with Gasteiger partial charge in [-0.15, -0.1) is 0 Å². The van der Waals surface area contributed by atoms with Crippen LogP contribution in [0.4, 0.5) is 0 Å². The standard InChI is InChI=1S/C9H9BrO4/c1-2-14-8-6(11)4-3-5(7(8)10)9(12)13/h3-4,11H,2H2,1H3,(H,12,13). The van der Waals surface area contributed by atoms with Crippen molar-refractivity contribution in [3.8, 4) is 11.5 Å². The minimum absolute atomic E-state index is 0.0613. The number of hydrogen-bond donors (Lipinski definition) is 2. The summed E-state index contributed by atoms with van der Waals surface area (Å²) in [6.07, 6.45) is 0. The Labute approximate surface area is 89.3 Å². The first-order valence-electron chi connectivity index (χ1n) is 3.95. The van der Waals surface area contributed by atoms with Crippen molar-refractivity contribution in [2.45, 2.75) is 6.92 Å². The van der Waals surface area contributed by atoms with E-state index in [0.717, 1.165) is 0 Å². The van der Waals surface area contributed by atoms with Gasteiger partial charge in [-0.05, 0) is 35.0 Å². The third-order valence-electron chi connectivity index (χ3n) is 1.60. The lowest BCUT2D eigenvalue weighted by Crippen LogP contribution is -2.01. The number of phenols is 1. The van der Waals surface area contributed by atoms with E-state index in [9.17, 15) is 9.90 Å². The molecule has 0 bridgehead atoms. The summed E-state index contributed by atoms with van der Waals surface area (Å²) >= 11 is 3.07. The molecule has 0 unspecified atom stereocenters. The van der Waals surface area contributed by atoms with Crippen LogP contribution in [0, 0.1) is 0 Å². The Morgan fingerprint density at radius 1 is 1.57 bits per heavy atom. The number of aromatic hydroxyl groups is 1. The molecule has 2 N–H and O–H groups in total. The Morgan fingerprint density at radius 3 is 2.71 bits per heavy atom. The number of rotatable bonds is 3. The van der Waals surface area contributed by atoms with Crippen LogP contribution in [0.5, 0.6) is 11.5 Å². The predicted octanol–water partition coefficient (Wildman–Crippen LogP) is 2.25. The van der Waals surface area contributed by atoms with E-state index in [0.29, 0.717) is 6.61 Å². The average Bonchev–Trinajstić information content (AvgIpc) is 2.11. The van der Waals surface area contributed by atoms with Crippen molar-refractivity contribution in [3.63, 3.8) is 0 Å². The largest absolute Gasteiger partial charge is 0.504 e. The van der Waals surface area contributed by atoms with Gasteiger partial charge in [0.2, 0.25) is 0 Å². The van der Waals surface area contributed by atoms with Crippen LogP contribution in [-0.4, -0.2) is 22.8 Å². The zero-order valence-corrected chi connectivity index (χ0v) is 9.04. The molecule has 1 rings (SSSR count). The number of carboxylic acid groups (broad SMARTS) is 1. The number of ether oxygens (including phenoxy) is 1. The summed E-state index contributed by atoms with van der Waals surface area (Å²) in [5.41, 5.74) is 0.0613. The molecule has 1 aromatic rings. The Hall–Kier alpha value is -1.23. The van der Waals surface area contributed by atoms with Gasteiger partial charge in [0.15, 0.2) is 11.5 Å². The van der Waals surface area contributed by atoms with Gasteiger partial charge in [0.1, 0.15) is 0 Å². The molecule has 0 atom stereocenters. The highest BCUT2D eigenvalue weighted by Crippen LogP contribution is 2.36. The first-order chi connectivity index (χ1) is 6.57. The lowest BCUT2D eigenvalue weighted by Gasteiger charge is -2.09. The first kappa shape index (κ1) is 10.8. The molecule has 5 heteroatoms. The van der Waals surface area contributed by atoms with Crippen molar-refractivity contribution in [2.24, 2.45) is 0 Å². The second kappa shape index (κ2) is 4.32. The summed E-state index contributed by atoms with van der Waals surface area (Å²) in [6, 6.07) is 2.60. The van der Waals surface area contributed by atoms with E-state index < -0.39 is 5.97 Å². The molecule has 0 aliphatic rings. The van der Waals surface area contributed by atoms with E-state index in [1.807, 2.05) is 0 Å². The maximum absolute atomic E-state index is 10.7. The Balaban J connectivity index is 3.26. The fourth-order valence-corrected chi connectivity index (χ4v) is 1.61. The predicted molar refractivity (Wildman–Crippen MR) is 53.9 cm³/mol. The maximum Gasteiger partial charge on any atom is 0.336 e. The second-order valence-electron chi connectivity index (χ2n) is 2.51. The molecule has 0 fully saturated rings. The lowest BCUT2D eigenvalue weighted by atomic mass is 10.2. The minimum Gasteiger partial charge on any atom is -0.504 e. The third-order valence-corrected chi connectivity index (χ3v) is 2.38. The van der Waals surface area contributed by atoms with Crippen molar-refractivity contribution in [2.75, 3.05) is 6.61 Å². The molecule has 0 aromatic heterocycles. The monoisotopic (exact) mass is 260 g/mol. The van der Waals surface area contributed by atoms with Crippen LogP contribution >= 0.6 is 15.9 Å². The normalized spacial score (nSPS) is 9.86. The number of halogens is 1. The van der Waals surface area contributed by atoms with E-state index in [2.05, 4.69) is 15.9 Å². The zero-order chi connectivity index (χ0) is 10.7. The highest BCUT2D eigenvalue weighted by molar-refractivity contribution is 9.10. The van der Waals surface area contributed by atoms with Crippen LogP contribution in [-0.2, 0) is 0 Å². The summed E-state index contributed by atoms with van der Waals surface area (Å²) in [5.74, 6) is -0.992. The highest BCUT2D eigenvalue weighted by Gasteiger charge is 2.16. The topological polar surface area (TPSA) is 66.8 Å². The molecule has 0 amide bonds. The molecule has 76 valence electrons. The smallest absolute Gasteiger partial charge is 0.336 e. The summed E-state index contributed by atoms with van der Waals surface area (Å²) in [7, 11) is 0. The fraction of sp³-hybridized carbons (Fsp3) is 0.222. The molecule has 0 aliphatic heterocycles. The molecule has 4 nitrogen and oxygen atoms in total. The van der Waals surface area contributed by atoms with Gasteiger partial charge >= 0.3 is 5.97 Å². The quantitative estimate of drug-likeness (QED) is 0.875. The molecular weight excluding hydrogens is 252 g/mol. The van der Waals surface area contributed by atoms with Gasteiger partial charge in [-0.2, -0.15) is 0 Å².